The van der Waals surface area contributed by atoms with Crippen molar-refractivity contribution in [3.05, 3.63) is 68.9 Å². The first-order valence-corrected chi connectivity index (χ1v) is 11.2. The molecule has 0 saturated heterocycles. The number of benzene rings is 2. The van der Waals surface area contributed by atoms with Crippen molar-refractivity contribution in [2.75, 3.05) is 0 Å². The van der Waals surface area contributed by atoms with Gasteiger partial charge in [0.05, 0.1) is 6.04 Å². The molecule has 144 valence electrons. The van der Waals surface area contributed by atoms with Gasteiger partial charge in [-0.3, -0.25) is 4.99 Å². The number of nitrogens with zero attached hydrogens (tertiary/aromatic N) is 3. The molecule has 3 nitrogen and oxygen atoms in total. The Morgan fingerprint density at radius 3 is 2.43 bits per heavy atom. The lowest BCUT2D eigenvalue weighted by molar-refractivity contribution is 0.354. The third-order valence-electron chi connectivity index (χ3n) is 6.33. The Hall–Kier alpha value is -1.62. The molecule has 0 N–H and O–H groups in total. The average molecular weight is 430 g/mol. The molecule has 2 fully saturated rings. The second kappa shape index (κ2) is 7.01. The average Bonchev–Trinajstić information content (AvgIpc) is 3.37. The minimum absolute atomic E-state index is 0.146. The summed E-state index contributed by atoms with van der Waals surface area (Å²) in [7, 11) is 1.98. The van der Waals surface area contributed by atoms with Crippen molar-refractivity contribution in [3.8, 4) is 10.6 Å². The summed E-state index contributed by atoms with van der Waals surface area (Å²) in [5, 5.41) is 7.21. The zero-order chi connectivity index (χ0) is 19.3. The SMILES string of the molecule is Cn1nc(-c2ccc(Cl)cc2)sc1=NC1CC2CCC1(c1ccc(Cl)cc1)C2. The zero-order valence-corrected chi connectivity index (χ0v) is 17.9. The smallest absolute Gasteiger partial charge is 0.203 e. The van der Waals surface area contributed by atoms with E-state index in [0.29, 0.717) is 6.04 Å². The molecule has 2 aliphatic carbocycles. The fraction of sp³-hybridized carbons (Fsp3) is 0.364. The lowest BCUT2D eigenvalue weighted by Crippen LogP contribution is -2.35. The van der Waals surface area contributed by atoms with Crippen LogP contribution in [0.1, 0.15) is 31.2 Å². The number of halogens is 2. The van der Waals surface area contributed by atoms with Crippen LogP contribution in [0.2, 0.25) is 10.0 Å². The monoisotopic (exact) mass is 429 g/mol. The van der Waals surface area contributed by atoms with Crippen molar-refractivity contribution in [1.82, 2.24) is 9.78 Å². The molecule has 5 rings (SSSR count). The van der Waals surface area contributed by atoms with E-state index >= 15 is 0 Å². The Balaban J connectivity index is 1.53. The van der Waals surface area contributed by atoms with E-state index in [0.717, 1.165) is 37.8 Å². The maximum Gasteiger partial charge on any atom is 0.203 e. The molecule has 2 saturated carbocycles. The van der Waals surface area contributed by atoms with Gasteiger partial charge in [0.1, 0.15) is 5.01 Å². The van der Waals surface area contributed by atoms with Crippen molar-refractivity contribution in [3.63, 3.8) is 0 Å². The molecule has 0 amide bonds. The summed E-state index contributed by atoms with van der Waals surface area (Å²) in [5.74, 6) is 0.776. The van der Waals surface area contributed by atoms with E-state index in [2.05, 4.69) is 12.1 Å². The van der Waals surface area contributed by atoms with Crippen LogP contribution in [0, 0.1) is 5.92 Å². The van der Waals surface area contributed by atoms with E-state index in [1.54, 1.807) is 11.3 Å². The van der Waals surface area contributed by atoms with Crippen LogP contribution in [-0.2, 0) is 12.5 Å². The molecule has 3 unspecified atom stereocenters. The van der Waals surface area contributed by atoms with Crippen molar-refractivity contribution in [2.45, 2.75) is 37.1 Å². The number of rotatable bonds is 3. The minimum atomic E-state index is 0.146. The fourth-order valence-corrected chi connectivity index (χ4v) is 6.14. The van der Waals surface area contributed by atoms with Crippen LogP contribution in [0.25, 0.3) is 10.6 Å². The molecule has 1 heterocycles. The van der Waals surface area contributed by atoms with Gasteiger partial charge in [-0.2, -0.15) is 5.10 Å². The highest BCUT2D eigenvalue weighted by atomic mass is 35.5. The maximum atomic E-state index is 6.13. The highest BCUT2D eigenvalue weighted by Gasteiger charge is 2.53. The minimum Gasteiger partial charge on any atom is -0.253 e. The highest BCUT2D eigenvalue weighted by Crippen LogP contribution is 2.56. The van der Waals surface area contributed by atoms with E-state index in [-0.39, 0.29) is 5.41 Å². The Bertz CT molecular complexity index is 1070. The molecule has 28 heavy (non-hydrogen) atoms. The lowest BCUT2D eigenvalue weighted by Gasteiger charge is -2.33. The van der Waals surface area contributed by atoms with Crippen LogP contribution in [0.5, 0.6) is 0 Å². The van der Waals surface area contributed by atoms with E-state index in [9.17, 15) is 0 Å². The molecule has 2 aromatic carbocycles. The Labute approximate surface area is 178 Å². The van der Waals surface area contributed by atoms with Crippen LogP contribution in [-0.4, -0.2) is 15.8 Å². The van der Waals surface area contributed by atoms with Gasteiger partial charge >= 0.3 is 0 Å². The number of aromatic nitrogens is 2. The molecule has 2 bridgehead atoms. The lowest BCUT2D eigenvalue weighted by atomic mass is 9.74. The normalized spacial score (nSPS) is 26.9. The quantitative estimate of drug-likeness (QED) is 0.511. The topological polar surface area (TPSA) is 30.2 Å². The molecule has 1 aromatic heterocycles. The van der Waals surface area contributed by atoms with Gasteiger partial charge in [-0.05, 0) is 61.4 Å². The number of aryl methyl sites for hydroxylation is 1. The molecule has 0 radical (unpaired) electrons. The van der Waals surface area contributed by atoms with Crippen LogP contribution < -0.4 is 4.80 Å². The molecule has 0 spiro atoms. The van der Waals surface area contributed by atoms with E-state index in [1.165, 1.54) is 24.8 Å². The first-order valence-electron chi connectivity index (χ1n) is 9.63. The van der Waals surface area contributed by atoms with Crippen LogP contribution in [0.15, 0.2) is 53.5 Å². The summed E-state index contributed by atoms with van der Waals surface area (Å²) in [6.45, 7) is 0. The van der Waals surface area contributed by atoms with Gasteiger partial charge in [0.25, 0.3) is 0 Å². The number of fused-ring (bicyclic) bond motifs is 2. The van der Waals surface area contributed by atoms with Gasteiger partial charge in [-0.15, -0.1) is 0 Å². The zero-order valence-electron chi connectivity index (χ0n) is 15.6. The molecule has 2 aliphatic rings. The van der Waals surface area contributed by atoms with Gasteiger partial charge in [0.15, 0.2) is 0 Å². The Morgan fingerprint density at radius 2 is 1.75 bits per heavy atom. The molecule has 0 aliphatic heterocycles. The predicted octanol–water partition coefficient (Wildman–Crippen LogP) is 5.87. The first-order chi connectivity index (χ1) is 13.5. The van der Waals surface area contributed by atoms with Gasteiger partial charge in [-0.1, -0.05) is 58.8 Å². The summed E-state index contributed by atoms with van der Waals surface area (Å²) in [6.07, 6.45) is 4.91. The second-order valence-electron chi connectivity index (χ2n) is 7.97. The molecule has 6 heteroatoms. The summed E-state index contributed by atoms with van der Waals surface area (Å²) >= 11 is 13.8. The van der Waals surface area contributed by atoms with Gasteiger partial charge in [-0.25, -0.2) is 4.68 Å². The second-order valence-corrected chi connectivity index (χ2v) is 9.80. The standard InChI is InChI=1S/C22H21Cl2N3S/c1-27-21(28-20(26-27)15-2-6-17(23)7-3-15)25-19-12-14-10-11-22(19,13-14)16-4-8-18(24)9-5-16/h2-9,14,19H,10-13H2,1H3. The van der Waals surface area contributed by atoms with E-state index < -0.39 is 0 Å². The predicted molar refractivity (Wildman–Crippen MR) is 116 cm³/mol. The van der Waals surface area contributed by atoms with Crippen molar-refractivity contribution in [1.29, 1.82) is 0 Å². The first kappa shape index (κ1) is 18.4. The Kier molecular flexibility index (Phi) is 4.61. The van der Waals surface area contributed by atoms with Gasteiger partial charge in [0.2, 0.25) is 4.80 Å². The summed E-state index contributed by atoms with van der Waals surface area (Å²) in [5.41, 5.74) is 2.61. The third kappa shape index (κ3) is 3.12. The number of hydrogen-bond acceptors (Lipinski definition) is 3. The Morgan fingerprint density at radius 1 is 1.07 bits per heavy atom. The maximum absolute atomic E-state index is 6.13. The third-order valence-corrected chi connectivity index (χ3v) is 7.90. The van der Waals surface area contributed by atoms with E-state index in [1.807, 2.05) is 48.1 Å². The molecular weight excluding hydrogens is 409 g/mol. The largest absolute Gasteiger partial charge is 0.253 e. The highest BCUT2D eigenvalue weighted by molar-refractivity contribution is 7.12. The van der Waals surface area contributed by atoms with Crippen molar-refractivity contribution in [2.24, 2.45) is 18.0 Å². The van der Waals surface area contributed by atoms with Crippen LogP contribution >= 0.6 is 34.5 Å². The summed E-state index contributed by atoms with van der Waals surface area (Å²) in [6, 6.07) is 16.6. The molecule has 3 atom stereocenters. The van der Waals surface area contributed by atoms with Crippen molar-refractivity contribution >= 4 is 34.5 Å². The fourth-order valence-electron chi connectivity index (χ4n) is 4.94. The van der Waals surface area contributed by atoms with E-state index in [4.69, 9.17) is 33.3 Å². The summed E-state index contributed by atoms with van der Waals surface area (Å²) < 4.78 is 1.91. The van der Waals surface area contributed by atoms with Crippen LogP contribution in [0.3, 0.4) is 0 Å². The van der Waals surface area contributed by atoms with Gasteiger partial charge in [0, 0.05) is 28.1 Å². The molecule has 3 aromatic rings. The van der Waals surface area contributed by atoms with Gasteiger partial charge < -0.3 is 0 Å². The van der Waals surface area contributed by atoms with Crippen molar-refractivity contribution < 1.29 is 0 Å². The number of hydrogen-bond donors (Lipinski definition) is 0. The van der Waals surface area contributed by atoms with Crippen LogP contribution in [0.4, 0.5) is 0 Å². The molecular formula is C22H21Cl2N3S. The summed E-state index contributed by atoms with van der Waals surface area (Å²) in [4.78, 5) is 6.22.